The normalized spacial score (nSPS) is 27.9. The molecule has 4 heterocycles. The first-order valence-electron chi connectivity index (χ1n) is 12.3. The Morgan fingerprint density at radius 3 is 2.95 bits per heavy atom. The number of likely N-dealkylation sites (tertiary alicyclic amines) is 1. The van der Waals surface area contributed by atoms with Crippen molar-refractivity contribution in [2.75, 3.05) is 32.8 Å². The summed E-state index contributed by atoms with van der Waals surface area (Å²) in [6.45, 7) is 6.60. The summed E-state index contributed by atoms with van der Waals surface area (Å²) in [4.78, 5) is 37.0. The summed E-state index contributed by atoms with van der Waals surface area (Å²) in [7, 11) is 0. The molecule has 0 radical (unpaired) electrons. The fourth-order valence-electron chi connectivity index (χ4n) is 5.36. The summed E-state index contributed by atoms with van der Waals surface area (Å²) in [6, 6.07) is 3.94. The number of fused-ring (bicyclic) bond motifs is 1. The molecule has 11 heteroatoms. The van der Waals surface area contributed by atoms with Crippen molar-refractivity contribution < 1.29 is 23.8 Å². The van der Waals surface area contributed by atoms with Gasteiger partial charge in [-0.2, -0.15) is 0 Å². The number of carbonyl (C=O) groups excluding carboxylic acids is 2. The molecule has 1 aromatic carbocycles. The zero-order chi connectivity index (χ0) is 26.4. The number of aromatic nitrogens is 1. The molecule has 9 nitrogen and oxygen atoms in total. The van der Waals surface area contributed by atoms with Crippen LogP contribution in [0.15, 0.2) is 46.0 Å². The van der Waals surface area contributed by atoms with E-state index in [9.17, 15) is 19.1 Å². The van der Waals surface area contributed by atoms with Gasteiger partial charge in [-0.1, -0.05) is 12.1 Å². The number of aliphatic imine (C=N–C) groups is 1. The van der Waals surface area contributed by atoms with E-state index < -0.39 is 23.0 Å². The zero-order valence-electron chi connectivity index (χ0n) is 21.0. The van der Waals surface area contributed by atoms with Gasteiger partial charge < -0.3 is 20.5 Å². The molecular formula is C26H30FN5O4S. The second-order valence-corrected chi connectivity index (χ2v) is 10.8. The fraction of sp³-hybridized carbons (Fsp3) is 0.462. The monoisotopic (exact) mass is 527 g/mol. The SMILES string of the molecule is CCOC(=O)C1=C(CN2CC[C@]3(C)C(=O)NC[C@]3(O)C2)NC(c2nccs2)=N[C@H]1c1cccc(F)c1C. The van der Waals surface area contributed by atoms with Crippen LogP contribution >= 0.6 is 11.3 Å². The van der Waals surface area contributed by atoms with E-state index in [0.29, 0.717) is 40.6 Å². The number of esters is 1. The highest BCUT2D eigenvalue weighted by Gasteiger charge is 2.59. The number of ether oxygens (including phenoxy) is 1. The minimum atomic E-state index is -1.23. The largest absolute Gasteiger partial charge is 0.463 e. The van der Waals surface area contributed by atoms with Gasteiger partial charge in [0.2, 0.25) is 5.91 Å². The molecule has 37 heavy (non-hydrogen) atoms. The van der Waals surface area contributed by atoms with Crippen molar-refractivity contribution in [3.05, 3.63) is 63.0 Å². The van der Waals surface area contributed by atoms with Gasteiger partial charge in [-0.3, -0.25) is 14.7 Å². The van der Waals surface area contributed by atoms with Crippen molar-refractivity contribution in [1.29, 1.82) is 0 Å². The molecule has 2 saturated heterocycles. The first kappa shape index (κ1) is 25.5. The predicted molar refractivity (Wildman–Crippen MR) is 136 cm³/mol. The Labute approximate surface area is 218 Å². The van der Waals surface area contributed by atoms with Crippen molar-refractivity contribution >= 4 is 29.0 Å². The maximum Gasteiger partial charge on any atom is 0.338 e. The molecule has 1 aromatic heterocycles. The minimum absolute atomic E-state index is 0.142. The number of nitrogens with zero attached hydrogens (tertiary/aromatic N) is 3. The average Bonchev–Trinajstić information content (AvgIpc) is 3.48. The lowest BCUT2D eigenvalue weighted by atomic mass is 9.70. The number of benzene rings is 1. The highest BCUT2D eigenvalue weighted by Crippen LogP contribution is 2.43. The van der Waals surface area contributed by atoms with Gasteiger partial charge >= 0.3 is 5.97 Å². The van der Waals surface area contributed by atoms with Gasteiger partial charge in [-0.15, -0.1) is 11.3 Å². The molecule has 2 aromatic rings. The van der Waals surface area contributed by atoms with Gasteiger partial charge in [0.25, 0.3) is 0 Å². The summed E-state index contributed by atoms with van der Waals surface area (Å²) >= 11 is 1.40. The summed E-state index contributed by atoms with van der Waals surface area (Å²) in [5.74, 6) is -0.594. The van der Waals surface area contributed by atoms with Crippen LogP contribution in [0, 0.1) is 18.2 Å². The third kappa shape index (κ3) is 4.34. The maximum absolute atomic E-state index is 14.6. The third-order valence-electron chi connectivity index (χ3n) is 7.73. The zero-order valence-corrected chi connectivity index (χ0v) is 21.8. The molecule has 0 bridgehead atoms. The molecule has 3 aliphatic rings. The number of amides is 1. The van der Waals surface area contributed by atoms with E-state index in [2.05, 4.69) is 15.6 Å². The van der Waals surface area contributed by atoms with Gasteiger partial charge in [0.15, 0.2) is 10.8 Å². The quantitative estimate of drug-likeness (QED) is 0.493. The van der Waals surface area contributed by atoms with E-state index in [-0.39, 0.29) is 43.5 Å². The Hall–Kier alpha value is -3.15. The lowest BCUT2D eigenvalue weighted by molar-refractivity contribution is -0.144. The first-order valence-corrected chi connectivity index (χ1v) is 13.2. The number of hydrogen-bond donors (Lipinski definition) is 3. The van der Waals surface area contributed by atoms with Crippen LogP contribution in [-0.4, -0.2) is 71.1 Å². The van der Waals surface area contributed by atoms with Crippen LogP contribution < -0.4 is 10.6 Å². The Morgan fingerprint density at radius 1 is 1.41 bits per heavy atom. The fourth-order valence-corrected chi connectivity index (χ4v) is 5.95. The number of thiazole rings is 1. The molecule has 3 aliphatic heterocycles. The van der Waals surface area contributed by atoms with Crippen LogP contribution in [0.25, 0.3) is 0 Å². The van der Waals surface area contributed by atoms with Crippen LogP contribution in [0.5, 0.6) is 0 Å². The standard InChI is InChI=1S/C26H30FN5O4S/c1-4-36-23(33)19-18(12-32-10-8-25(3)24(34)29-13-26(25,35)14-32)30-21(22-28-9-11-37-22)31-20(19)16-6-5-7-17(27)15(16)2/h5-7,9,11,20,35H,4,8,10,12-14H2,1-3H3,(H,29,34)(H,30,31)/t20-,25+,26-/m0/s1. The van der Waals surface area contributed by atoms with Crippen molar-refractivity contribution in [1.82, 2.24) is 20.5 Å². The number of hydrogen-bond acceptors (Lipinski definition) is 9. The third-order valence-corrected chi connectivity index (χ3v) is 8.50. The Balaban J connectivity index is 1.57. The van der Waals surface area contributed by atoms with Gasteiger partial charge in [-0.05, 0) is 50.9 Å². The van der Waals surface area contributed by atoms with Crippen LogP contribution in [0.3, 0.4) is 0 Å². The van der Waals surface area contributed by atoms with Gasteiger partial charge in [-0.25, -0.2) is 14.2 Å². The van der Waals surface area contributed by atoms with E-state index in [1.165, 1.54) is 17.4 Å². The lowest BCUT2D eigenvalue weighted by Crippen LogP contribution is -2.60. The van der Waals surface area contributed by atoms with Gasteiger partial charge in [0, 0.05) is 36.9 Å². The molecule has 0 aliphatic carbocycles. The predicted octanol–water partition coefficient (Wildman–Crippen LogP) is 2.07. The van der Waals surface area contributed by atoms with Crippen LogP contribution in [-0.2, 0) is 14.3 Å². The van der Waals surface area contributed by atoms with E-state index in [1.807, 2.05) is 10.3 Å². The highest BCUT2D eigenvalue weighted by molar-refractivity contribution is 7.11. The number of aliphatic hydroxyl groups is 1. The Morgan fingerprint density at radius 2 is 2.22 bits per heavy atom. The summed E-state index contributed by atoms with van der Waals surface area (Å²) in [5, 5.41) is 19.9. The topological polar surface area (TPSA) is 116 Å². The molecule has 2 fully saturated rings. The molecule has 0 saturated carbocycles. The average molecular weight is 528 g/mol. The molecule has 3 atom stereocenters. The minimum Gasteiger partial charge on any atom is -0.463 e. The van der Waals surface area contributed by atoms with E-state index in [1.54, 1.807) is 39.1 Å². The number of rotatable bonds is 6. The van der Waals surface area contributed by atoms with E-state index >= 15 is 0 Å². The molecule has 196 valence electrons. The summed E-state index contributed by atoms with van der Waals surface area (Å²) in [5.41, 5.74) is -0.292. The van der Waals surface area contributed by atoms with Crippen molar-refractivity contribution in [3.63, 3.8) is 0 Å². The van der Waals surface area contributed by atoms with Gasteiger partial charge in [0.1, 0.15) is 17.5 Å². The molecular weight excluding hydrogens is 497 g/mol. The number of amidine groups is 1. The van der Waals surface area contributed by atoms with E-state index in [4.69, 9.17) is 9.73 Å². The molecule has 3 N–H and O–H groups in total. The highest BCUT2D eigenvalue weighted by atomic mass is 32.1. The van der Waals surface area contributed by atoms with Crippen molar-refractivity contribution in [2.24, 2.45) is 10.4 Å². The van der Waals surface area contributed by atoms with Crippen molar-refractivity contribution in [3.8, 4) is 0 Å². The lowest BCUT2D eigenvalue weighted by Gasteiger charge is -2.46. The van der Waals surface area contributed by atoms with Crippen LogP contribution in [0.1, 0.15) is 42.4 Å². The van der Waals surface area contributed by atoms with Crippen molar-refractivity contribution in [2.45, 2.75) is 38.8 Å². The summed E-state index contributed by atoms with van der Waals surface area (Å²) in [6.07, 6.45) is 2.14. The first-order chi connectivity index (χ1) is 17.7. The molecule has 5 rings (SSSR count). The van der Waals surface area contributed by atoms with E-state index in [0.717, 1.165) is 0 Å². The molecule has 0 spiro atoms. The number of halogens is 1. The van der Waals surface area contributed by atoms with Crippen LogP contribution in [0.2, 0.25) is 0 Å². The number of piperidine rings is 1. The second kappa shape index (κ2) is 9.62. The Bertz CT molecular complexity index is 1300. The smallest absolute Gasteiger partial charge is 0.338 e. The van der Waals surface area contributed by atoms with Crippen LogP contribution in [0.4, 0.5) is 4.39 Å². The molecule has 1 amide bonds. The maximum atomic E-state index is 14.6. The van der Waals surface area contributed by atoms with Gasteiger partial charge in [0.05, 0.1) is 17.6 Å². The Kier molecular flexibility index (Phi) is 6.63. The number of nitrogens with one attached hydrogen (secondary N) is 2. The number of β-amino-alcohol motifs (C(OH)–C–C–N with tert-alkyl or cyclic N) is 1. The number of carbonyl (C=O) groups is 2. The second-order valence-electron chi connectivity index (χ2n) is 9.92. The summed E-state index contributed by atoms with van der Waals surface area (Å²) < 4.78 is 20.0. The molecule has 0 unspecified atom stereocenters.